The summed E-state index contributed by atoms with van der Waals surface area (Å²) in [7, 11) is 1.58. The molecule has 0 radical (unpaired) electrons. The van der Waals surface area contributed by atoms with Crippen LogP contribution in [0.15, 0.2) is 22.6 Å². The first-order chi connectivity index (χ1) is 9.64. The lowest BCUT2D eigenvalue weighted by atomic mass is 9.83. The third-order valence-corrected chi connectivity index (χ3v) is 4.15. The summed E-state index contributed by atoms with van der Waals surface area (Å²) in [6.45, 7) is 0. The zero-order chi connectivity index (χ0) is 14.2. The number of hydrogen-bond donors (Lipinski definition) is 1. The van der Waals surface area contributed by atoms with Gasteiger partial charge in [0.2, 0.25) is 0 Å². The summed E-state index contributed by atoms with van der Waals surface area (Å²) in [5.74, 6) is 0.381. The molecule has 106 valence electrons. The topological polar surface area (TPSA) is 72.6 Å². The number of carboxylic acids is 1. The normalized spacial score (nSPS) is 17.4. The number of methoxy groups -OCH3 is 1. The van der Waals surface area contributed by atoms with Crippen molar-refractivity contribution in [2.45, 2.75) is 32.1 Å². The Balaban J connectivity index is 1.96. The molecular weight excluding hydrogens is 258 g/mol. The second-order valence-electron chi connectivity index (χ2n) is 5.38. The zero-order valence-electron chi connectivity index (χ0n) is 11.4. The maximum absolute atomic E-state index is 11.6. The Morgan fingerprint density at radius 2 is 2.20 bits per heavy atom. The van der Waals surface area contributed by atoms with Crippen molar-refractivity contribution in [1.82, 2.24) is 4.98 Å². The molecule has 5 nitrogen and oxygen atoms in total. The van der Waals surface area contributed by atoms with E-state index in [9.17, 15) is 9.90 Å². The highest BCUT2D eigenvalue weighted by atomic mass is 16.5. The van der Waals surface area contributed by atoms with Crippen molar-refractivity contribution < 1.29 is 19.1 Å². The van der Waals surface area contributed by atoms with Gasteiger partial charge in [0.15, 0.2) is 17.0 Å². The van der Waals surface area contributed by atoms with Crippen LogP contribution in [0.25, 0.3) is 11.1 Å². The molecule has 1 aliphatic carbocycles. The number of carbonyl (C=O) groups is 1. The average molecular weight is 275 g/mol. The van der Waals surface area contributed by atoms with Crippen molar-refractivity contribution in [3.63, 3.8) is 0 Å². The molecule has 0 aliphatic heterocycles. The molecule has 1 fully saturated rings. The van der Waals surface area contributed by atoms with Crippen LogP contribution in [-0.4, -0.2) is 23.2 Å². The Morgan fingerprint density at radius 3 is 2.85 bits per heavy atom. The number of hydrogen-bond acceptors (Lipinski definition) is 4. The Kier molecular flexibility index (Phi) is 3.12. The highest BCUT2D eigenvalue weighted by Crippen LogP contribution is 2.41. The number of nitrogens with zero attached hydrogens (tertiary/aromatic N) is 1. The lowest BCUT2D eigenvalue weighted by Crippen LogP contribution is -2.30. The molecule has 1 aromatic heterocycles. The fourth-order valence-corrected chi connectivity index (χ4v) is 3.02. The molecule has 1 N–H and O–H groups in total. The van der Waals surface area contributed by atoms with Gasteiger partial charge in [0.05, 0.1) is 12.5 Å². The van der Waals surface area contributed by atoms with E-state index >= 15 is 0 Å². The number of para-hydroxylation sites is 1. The van der Waals surface area contributed by atoms with E-state index in [1.54, 1.807) is 7.11 Å². The Morgan fingerprint density at radius 1 is 1.45 bits per heavy atom. The first-order valence-corrected chi connectivity index (χ1v) is 6.80. The van der Waals surface area contributed by atoms with E-state index in [1.165, 1.54) is 0 Å². The molecule has 0 amide bonds. The van der Waals surface area contributed by atoms with Gasteiger partial charge in [0.25, 0.3) is 0 Å². The van der Waals surface area contributed by atoms with Gasteiger partial charge in [-0.2, -0.15) is 0 Å². The van der Waals surface area contributed by atoms with Gasteiger partial charge in [-0.25, -0.2) is 4.98 Å². The lowest BCUT2D eigenvalue weighted by Gasteiger charge is -2.21. The summed E-state index contributed by atoms with van der Waals surface area (Å²) in [6.07, 6.45) is 3.64. The monoisotopic (exact) mass is 275 g/mol. The third kappa shape index (κ3) is 2.03. The quantitative estimate of drug-likeness (QED) is 0.928. The van der Waals surface area contributed by atoms with Crippen molar-refractivity contribution in [2.24, 2.45) is 5.41 Å². The summed E-state index contributed by atoms with van der Waals surface area (Å²) < 4.78 is 10.9. The van der Waals surface area contributed by atoms with E-state index in [1.807, 2.05) is 18.2 Å². The van der Waals surface area contributed by atoms with Crippen molar-refractivity contribution in [1.29, 1.82) is 0 Å². The molecule has 0 spiro atoms. The molecule has 0 unspecified atom stereocenters. The van der Waals surface area contributed by atoms with Crippen LogP contribution in [0, 0.1) is 5.41 Å². The smallest absolute Gasteiger partial charge is 0.310 e. The number of oxazole rings is 1. The summed E-state index contributed by atoms with van der Waals surface area (Å²) in [4.78, 5) is 16.0. The summed E-state index contributed by atoms with van der Waals surface area (Å²) in [5, 5.41) is 9.51. The van der Waals surface area contributed by atoms with Crippen molar-refractivity contribution in [3.8, 4) is 5.75 Å². The summed E-state index contributed by atoms with van der Waals surface area (Å²) in [6, 6.07) is 5.46. The van der Waals surface area contributed by atoms with Gasteiger partial charge >= 0.3 is 5.97 Å². The third-order valence-electron chi connectivity index (χ3n) is 4.15. The van der Waals surface area contributed by atoms with Crippen LogP contribution < -0.4 is 4.74 Å². The van der Waals surface area contributed by atoms with Crippen LogP contribution in [0.1, 0.15) is 31.6 Å². The minimum absolute atomic E-state index is 0.347. The molecule has 1 heterocycles. The first kappa shape index (κ1) is 13.0. The Bertz CT molecular complexity index is 640. The van der Waals surface area contributed by atoms with Gasteiger partial charge in [0, 0.05) is 6.42 Å². The fraction of sp³-hybridized carbons (Fsp3) is 0.467. The van der Waals surface area contributed by atoms with Crippen LogP contribution >= 0.6 is 0 Å². The van der Waals surface area contributed by atoms with E-state index in [2.05, 4.69) is 4.98 Å². The summed E-state index contributed by atoms with van der Waals surface area (Å²) in [5.41, 5.74) is 0.579. The Labute approximate surface area is 116 Å². The van der Waals surface area contributed by atoms with Crippen molar-refractivity contribution >= 4 is 17.1 Å². The molecule has 3 rings (SSSR count). The SMILES string of the molecule is COc1cccc2oc(CC3(C(=O)O)CCCC3)nc12. The van der Waals surface area contributed by atoms with Crippen LogP contribution in [-0.2, 0) is 11.2 Å². The lowest BCUT2D eigenvalue weighted by molar-refractivity contribution is -0.148. The zero-order valence-corrected chi connectivity index (χ0v) is 11.4. The maximum atomic E-state index is 11.6. The summed E-state index contributed by atoms with van der Waals surface area (Å²) >= 11 is 0. The van der Waals surface area contributed by atoms with Crippen LogP contribution in [0.2, 0.25) is 0 Å². The molecule has 0 saturated heterocycles. The number of aliphatic carboxylic acids is 1. The minimum atomic E-state index is -0.746. The molecule has 2 aromatic rings. The molecule has 1 aliphatic rings. The largest absolute Gasteiger partial charge is 0.494 e. The van der Waals surface area contributed by atoms with Gasteiger partial charge in [-0.15, -0.1) is 0 Å². The number of fused-ring (bicyclic) bond motifs is 1. The number of aromatic nitrogens is 1. The second-order valence-corrected chi connectivity index (χ2v) is 5.38. The molecule has 1 aromatic carbocycles. The van der Waals surface area contributed by atoms with Crippen molar-refractivity contribution in [2.75, 3.05) is 7.11 Å². The fourth-order valence-electron chi connectivity index (χ4n) is 3.02. The average Bonchev–Trinajstić information content (AvgIpc) is 3.05. The highest BCUT2D eigenvalue weighted by molar-refractivity contribution is 5.80. The number of rotatable bonds is 4. The van der Waals surface area contributed by atoms with Crippen LogP contribution in [0.3, 0.4) is 0 Å². The van der Waals surface area contributed by atoms with E-state index in [4.69, 9.17) is 9.15 Å². The van der Waals surface area contributed by atoms with Gasteiger partial charge in [-0.05, 0) is 25.0 Å². The Hall–Kier alpha value is -2.04. The van der Waals surface area contributed by atoms with E-state index in [0.29, 0.717) is 42.0 Å². The molecule has 0 atom stereocenters. The standard InChI is InChI=1S/C15H17NO4/c1-19-10-5-4-6-11-13(10)16-12(20-11)9-15(14(17)18)7-2-3-8-15/h4-6H,2-3,7-9H2,1H3,(H,17,18). The molecule has 5 heteroatoms. The van der Waals surface area contributed by atoms with E-state index < -0.39 is 11.4 Å². The number of carboxylic acid groups (broad SMARTS) is 1. The van der Waals surface area contributed by atoms with Crippen molar-refractivity contribution in [3.05, 3.63) is 24.1 Å². The highest BCUT2D eigenvalue weighted by Gasteiger charge is 2.42. The predicted molar refractivity (Wildman–Crippen MR) is 72.8 cm³/mol. The molecule has 1 saturated carbocycles. The van der Waals surface area contributed by atoms with Crippen LogP contribution in [0.5, 0.6) is 5.75 Å². The van der Waals surface area contributed by atoms with Gasteiger partial charge in [-0.3, -0.25) is 4.79 Å². The second kappa shape index (κ2) is 4.81. The molecule has 0 bridgehead atoms. The van der Waals surface area contributed by atoms with E-state index in [-0.39, 0.29) is 0 Å². The number of ether oxygens (including phenoxy) is 1. The van der Waals surface area contributed by atoms with Crippen LogP contribution in [0.4, 0.5) is 0 Å². The van der Waals surface area contributed by atoms with Gasteiger partial charge in [-0.1, -0.05) is 18.9 Å². The number of benzene rings is 1. The molecular formula is C15H17NO4. The predicted octanol–water partition coefficient (Wildman–Crippen LogP) is 3.02. The maximum Gasteiger partial charge on any atom is 0.310 e. The van der Waals surface area contributed by atoms with E-state index in [0.717, 1.165) is 12.8 Å². The van der Waals surface area contributed by atoms with Gasteiger partial charge in [0.1, 0.15) is 5.75 Å². The first-order valence-electron chi connectivity index (χ1n) is 6.80. The molecule has 20 heavy (non-hydrogen) atoms. The minimum Gasteiger partial charge on any atom is -0.494 e. The van der Waals surface area contributed by atoms with Gasteiger partial charge < -0.3 is 14.3 Å².